The van der Waals surface area contributed by atoms with Gasteiger partial charge in [-0.05, 0) is 31.4 Å². The molecule has 4 nitrogen and oxygen atoms in total. The van der Waals surface area contributed by atoms with Crippen LogP contribution in [0, 0.1) is 0 Å². The minimum Gasteiger partial charge on any atom is -0.497 e. The molecule has 1 aromatic carbocycles. The maximum atomic E-state index is 5.98. The Morgan fingerprint density at radius 2 is 2.12 bits per heavy atom. The minimum absolute atomic E-state index is 0.288. The smallest absolute Gasteiger partial charge is 0.121 e. The molecule has 0 aliphatic heterocycles. The van der Waals surface area contributed by atoms with E-state index in [-0.39, 0.29) is 6.10 Å². The van der Waals surface area contributed by atoms with E-state index in [1.54, 1.807) is 14.2 Å². The molecule has 1 fully saturated rings. The van der Waals surface area contributed by atoms with E-state index < -0.39 is 0 Å². The van der Waals surface area contributed by atoms with E-state index in [2.05, 4.69) is 5.32 Å². The monoisotopic (exact) mass is 236 g/mol. The SMILES string of the molecule is COc1ccc(NC2CCCC2OC)c(N)c1. The predicted molar refractivity (Wildman–Crippen MR) is 69.5 cm³/mol. The zero-order valence-corrected chi connectivity index (χ0v) is 10.4. The van der Waals surface area contributed by atoms with E-state index in [4.69, 9.17) is 15.2 Å². The maximum absolute atomic E-state index is 5.98. The average Bonchev–Trinajstić information content (AvgIpc) is 2.79. The fraction of sp³-hybridized carbons (Fsp3) is 0.538. The molecule has 0 saturated heterocycles. The van der Waals surface area contributed by atoms with Crippen LogP contribution in [-0.4, -0.2) is 26.4 Å². The van der Waals surface area contributed by atoms with Gasteiger partial charge in [0.25, 0.3) is 0 Å². The number of nitrogen functional groups attached to an aromatic ring is 1. The first-order chi connectivity index (χ1) is 8.24. The van der Waals surface area contributed by atoms with E-state index >= 15 is 0 Å². The van der Waals surface area contributed by atoms with Gasteiger partial charge in [0.05, 0.1) is 30.6 Å². The molecule has 1 aliphatic carbocycles. The second-order valence-corrected chi connectivity index (χ2v) is 4.41. The average molecular weight is 236 g/mol. The van der Waals surface area contributed by atoms with Crippen LogP contribution in [0.2, 0.25) is 0 Å². The second kappa shape index (κ2) is 5.27. The molecule has 3 N–H and O–H groups in total. The first-order valence-electron chi connectivity index (χ1n) is 5.97. The number of rotatable bonds is 4. The summed E-state index contributed by atoms with van der Waals surface area (Å²) in [6.07, 6.45) is 3.73. The minimum atomic E-state index is 0.288. The zero-order valence-electron chi connectivity index (χ0n) is 10.4. The largest absolute Gasteiger partial charge is 0.497 e. The predicted octanol–water partition coefficient (Wildman–Crippen LogP) is 2.26. The zero-order chi connectivity index (χ0) is 12.3. The molecule has 2 atom stereocenters. The van der Waals surface area contributed by atoms with Crippen LogP contribution in [0.5, 0.6) is 5.75 Å². The third kappa shape index (κ3) is 2.64. The van der Waals surface area contributed by atoms with Crippen molar-refractivity contribution < 1.29 is 9.47 Å². The molecule has 2 rings (SSSR count). The third-order valence-corrected chi connectivity index (χ3v) is 3.35. The van der Waals surface area contributed by atoms with E-state index in [0.29, 0.717) is 11.7 Å². The van der Waals surface area contributed by atoms with Crippen LogP contribution < -0.4 is 15.8 Å². The van der Waals surface area contributed by atoms with Crippen LogP contribution in [0.15, 0.2) is 18.2 Å². The number of nitrogens with one attached hydrogen (secondary N) is 1. The van der Waals surface area contributed by atoms with Crippen molar-refractivity contribution in [2.45, 2.75) is 31.4 Å². The van der Waals surface area contributed by atoms with Crippen LogP contribution in [0.1, 0.15) is 19.3 Å². The van der Waals surface area contributed by atoms with Gasteiger partial charge in [-0.1, -0.05) is 0 Å². The van der Waals surface area contributed by atoms with Gasteiger partial charge >= 0.3 is 0 Å². The van der Waals surface area contributed by atoms with Crippen molar-refractivity contribution in [3.05, 3.63) is 18.2 Å². The van der Waals surface area contributed by atoms with Gasteiger partial charge in [0.2, 0.25) is 0 Å². The number of anilines is 2. The summed E-state index contributed by atoms with van der Waals surface area (Å²) >= 11 is 0. The number of nitrogens with two attached hydrogens (primary N) is 1. The van der Waals surface area contributed by atoms with Crippen molar-refractivity contribution in [3.8, 4) is 5.75 Å². The van der Waals surface area contributed by atoms with Crippen LogP contribution in [0.4, 0.5) is 11.4 Å². The van der Waals surface area contributed by atoms with Crippen LogP contribution >= 0.6 is 0 Å². The summed E-state index contributed by atoms with van der Waals surface area (Å²) in [5, 5.41) is 3.46. The summed E-state index contributed by atoms with van der Waals surface area (Å²) in [5.74, 6) is 0.780. The molecule has 0 spiro atoms. The van der Waals surface area contributed by atoms with Crippen molar-refractivity contribution in [1.29, 1.82) is 0 Å². The standard InChI is InChI=1S/C13H20N2O2/c1-16-9-6-7-11(10(14)8-9)15-12-4-3-5-13(12)17-2/h6-8,12-13,15H,3-5,14H2,1-2H3. The molecule has 2 unspecified atom stereocenters. The normalized spacial score (nSPS) is 23.6. The molecule has 94 valence electrons. The highest BCUT2D eigenvalue weighted by molar-refractivity contribution is 5.68. The number of hydrogen-bond donors (Lipinski definition) is 2. The Hall–Kier alpha value is -1.42. The Kier molecular flexibility index (Phi) is 3.74. The summed E-state index contributed by atoms with van der Waals surface area (Å²) in [6.45, 7) is 0. The summed E-state index contributed by atoms with van der Waals surface area (Å²) in [6, 6.07) is 6.06. The second-order valence-electron chi connectivity index (χ2n) is 4.41. The number of ether oxygens (including phenoxy) is 2. The van der Waals surface area contributed by atoms with Gasteiger partial charge in [-0.2, -0.15) is 0 Å². The van der Waals surface area contributed by atoms with Crippen LogP contribution in [0.25, 0.3) is 0 Å². The number of methoxy groups -OCH3 is 2. The molecule has 0 radical (unpaired) electrons. The Balaban J connectivity index is 2.08. The molecule has 0 heterocycles. The van der Waals surface area contributed by atoms with Gasteiger partial charge in [-0.15, -0.1) is 0 Å². The Morgan fingerprint density at radius 3 is 2.76 bits per heavy atom. The molecule has 0 aromatic heterocycles. The molecule has 1 saturated carbocycles. The Morgan fingerprint density at radius 1 is 1.29 bits per heavy atom. The highest BCUT2D eigenvalue weighted by Crippen LogP contribution is 2.29. The lowest BCUT2D eigenvalue weighted by Gasteiger charge is -2.21. The van der Waals surface area contributed by atoms with Crippen LogP contribution in [0.3, 0.4) is 0 Å². The molecular weight excluding hydrogens is 216 g/mol. The first kappa shape index (κ1) is 12.0. The maximum Gasteiger partial charge on any atom is 0.121 e. The van der Waals surface area contributed by atoms with Gasteiger partial charge in [-0.3, -0.25) is 0 Å². The highest BCUT2D eigenvalue weighted by atomic mass is 16.5. The fourth-order valence-electron chi connectivity index (χ4n) is 2.37. The molecular formula is C13H20N2O2. The van der Waals surface area contributed by atoms with Crippen molar-refractivity contribution in [3.63, 3.8) is 0 Å². The summed E-state index contributed by atoms with van der Waals surface area (Å²) in [7, 11) is 3.40. The molecule has 0 bridgehead atoms. The van der Waals surface area contributed by atoms with Crippen molar-refractivity contribution in [2.75, 3.05) is 25.3 Å². The molecule has 1 aliphatic rings. The van der Waals surface area contributed by atoms with Crippen LogP contribution in [-0.2, 0) is 4.74 Å². The van der Waals surface area contributed by atoms with E-state index in [1.807, 2.05) is 18.2 Å². The summed E-state index contributed by atoms with van der Waals surface area (Å²) < 4.78 is 10.6. The molecule has 4 heteroatoms. The van der Waals surface area contributed by atoms with Crippen molar-refractivity contribution in [2.24, 2.45) is 0 Å². The lowest BCUT2D eigenvalue weighted by Crippen LogP contribution is -2.30. The van der Waals surface area contributed by atoms with E-state index in [9.17, 15) is 0 Å². The first-order valence-corrected chi connectivity index (χ1v) is 5.97. The number of hydrogen-bond acceptors (Lipinski definition) is 4. The quantitative estimate of drug-likeness (QED) is 0.787. The highest BCUT2D eigenvalue weighted by Gasteiger charge is 2.27. The van der Waals surface area contributed by atoms with Gasteiger partial charge < -0.3 is 20.5 Å². The van der Waals surface area contributed by atoms with Crippen molar-refractivity contribution in [1.82, 2.24) is 0 Å². The lowest BCUT2D eigenvalue weighted by atomic mass is 10.2. The molecule has 1 aromatic rings. The lowest BCUT2D eigenvalue weighted by molar-refractivity contribution is 0.101. The van der Waals surface area contributed by atoms with E-state index in [1.165, 1.54) is 6.42 Å². The molecule has 17 heavy (non-hydrogen) atoms. The van der Waals surface area contributed by atoms with E-state index in [0.717, 1.165) is 24.3 Å². The van der Waals surface area contributed by atoms with Crippen molar-refractivity contribution >= 4 is 11.4 Å². The van der Waals surface area contributed by atoms with Gasteiger partial charge in [-0.25, -0.2) is 0 Å². The Bertz CT molecular complexity index is 382. The van der Waals surface area contributed by atoms with Gasteiger partial charge in [0.15, 0.2) is 0 Å². The summed E-state index contributed by atoms with van der Waals surface area (Å²) in [4.78, 5) is 0. The molecule has 0 amide bonds. The summed E-state index contributed by atoms with van der Waals surface area (Å²) in [5.41, 5.74) is 7.65. The van der Waals surface area contributed by atoms with Gasteiger partial charge in [0.1, 0.15) is 5.75 Å². The third-order valence-electron chi connectivity index (χ3n) is 3.35. The number of benzene rings is 1. The fourth-order valence-corrected chi connectivity index (χ4v) is 2.37. The van der Waals surface area contributed by atoms with Gasteiger partial charge in [0, 0.05) is 13.2 Å². The Labute approximate surface area is 102 Å². The topological polar surface area (TPSA) is 56.5 Å².